The maximum Gasteiger partial charge on any atom is 0.123 e. The second kappa shape index (κ2) is 10.8. The van der Waals surface area contributed by atoms with Crippen molar-refractivity contribution in [2.75, 3.05) is 31.9 Å². The summed E-state index contributed by atoms with van der Waals surface area (Å²) in [4.78, 5) is 4.48. The normalized spacial score (nSPS) is 19.0. The van der Waals surface area contributed by atoms with E-state index in [4.69, 9.17) is 17.3 Å². The largest absolute Gasteiger partial charge is 0.384 e. The molecule has 1 fully saturated rings. The number of hydrogen-bond acceptors (Lipinski definition) is 5. The molecule has 5 N–H and O–H groups in total. The smallest absolute Gasteiger partial charge is 0.123 e. The van der Waals surface area contributed by atoms with Gasteiger partial charge in [0, 0.05) is 42.9 Å². The van der Waals surface area contributed by atoms with E-state index in [0.717, 1.165) is 49.9 Å². The zero-order valence-electron chi connectivity index (χ0n) is 15.7. The van der Waals surface area contributed by atoms with Gasteiger partial charge >= 0.3 is 0 Å². The fraction of sp³-hybridized carbons (Fsp3) is 0.450. The van der Waals surface area contributed by atoms with Crippen LogP contribution in [-0.4, -0.2) is 37.2 Å². The first kappa shape index (κ1) is 21.9. The van der Waals surface area contributed by atoms with Gasteiger partial charge < -0.3 is 21.7 Å². The van der Waals surface area contributed by atoms with Gasteiger partial charge in [-0.2, -0.15) is 0 Å². The van der Waals surface area contributed by atoms with Crippen LogP contribution < -0.4 is 21.7 Å². The summed E-state index contributed by atoms with van der Waals surface area (Å²) in [6.07, 6.45) is 0.951. The monoisotopic (exact) mass is 409 g/mol. The highest BCUT2D eigenvalue weighted by Crippen LogP contribution is 2.17. The van der Waals surface area contributed by atoms with Crippen molar-refractivity contribution >= 4 is 29.8 Å². The topological polar surface area (TPSA) is 75.0 Å². The molecular formula is C20H29Cl2N5. The molecule has 0 spiro atoms. The average molecular weight is 410 g/mol. The first-order chi connectivity index (χ1) is 12.6. The highest BCUT2D eigenvalue weighted by Gasteiger charge is 2.26. The van der Waals surface area contributed by atoms with E-state index >= 15 is 0 Å². The van der Waals surface area contributed by atoms with Gasteiger partial charge in [-0.3, -0.25) is 0 Å². The van der Waals surface area contributed by atoms with Crippen molar-refractivity contribution < 1.29 is 0 Å². The van der Waals surface area contributed by atoms with Crippen LogP contribution in [0.15, 0.2) is 36.4 Å². The van der Waals surface area contributed by atoms with E-state index in [0.29, 0.717) is 17.8 Å². The Balaban J connectivity index is 0.00000261. The highest BCUT2D eigenvalue weighted by molar-refractivity contribution is 6.30. The number of nitrogens with two attached hydrogens (primary N) is 1. The zero-order valence-corrected chi connectivity index (χ0v) is 17.2. The van der Waals surface area contributed by atoms with Crippen molar-refractivity contribution in [3.05, 3.63) is 58.2 Å². The molecule has 0 aliphatic carbocycles. The molecular weight excluding hydrogens is 381 g/mol. The van der Waals surface area contributed by atoms with Crippen LogP contribution in [0.1, 0.15) is 16.8 Å². The van der Waals surface area contributed by atoms with Gasteiger partial charge in [-0.05, 0) is 61.2 Å². The van der Waals surface area contributed by atoms with Crippen LogP contribution >= 0.6 is 24.0 Å². The van der Waals surface area contributed by atoms with Gasteiger partial charge in [0.25, 0.3) is 0 Å². The number of aromatic nitrogens is 1. The van der Waals surface area contributed by atoms with Crippen molar-refractivity contribution in [1.82, 2.24) is 20.9 Å². The van der Waals surface area contributed by atoms with Crippen LogP contribution in [0.25, 0.3) is 0 Å². The SMILES string of the molecule is Cc1cc(N)nc(C[C@H]2CNC[C@H]2NCCNCc2cccc(Cl)c2)c1.Cl. The van der Waals surface area contributed by atoms with E-state index in [1.165, 1.54) is 11.1 Å². The van der Waals surface area contributed by atoms with Crippen LogP contribution in [0.5, 0.6) is 0 Å². The second-order valence-electron chi connectivity index (χ2n) is 7.05. The summed E-state index contributed by atoms with van der Waals surface area (Å²) in [7, 11) is 0. The molecule has 0 saturated carbocycles. The number of rotatable bonds is 8. The third-order valence-electron chi connectivity index (χ3n) is 4.78. The van der Waals surface area contributed by atoms with Gasteiger partial charge in [0.1, 0.15) is 5.82 Å². The number of aryl methyl sites for hydroxylation is 1. The van der Waals surface area contributed by atoms with Crippen LogP contribution in [-0.2, 0) is 13.0 Å². The fourth-order valence-corrected chi connectivity index (χ4v) is 3.77. The standard InChI is InChI=1S/C20H28ClN5.ClH/c1-14-7-18(26-20(22)8-14)10-16-12-24-13-19(16)25-6-5-23-11-15-3-2-4-17(21)9-15;/h2-4,7-9,16,19,23-25H,5-6,10-13H2,1H3,(H2,22,26);1H/t16-,19+;/m0./s1. The van der Waals surface area contributed by atoms with Crippen molar-refractivity contribution in [3.8, 4) is 0 Å². The molecule has 1 aromatic carbocycles. The molecule has 0 bridgehead atoms. The third kappa shape index (κ3) is 6.94. The summed E-state index contributed by atoms with van der Waals surface area (Å²) in [6.45, 7) is 6.78. The average Bonchev–Trinajstić information content (AvgIpc) is 3.01. The van der Waals surface area contributed by atoms with Gasteiger partial charge in [-0.1, -0.05) is 23.7 Å². The summed E-state index contributed by atoms with van der Waals surface area (Å²) >= 11 is 6.01. The van der Waals surface area contributed by atoms with Crippen LogP contribution in [0, 0.1) is 12.8 Å². The predicted molar refractivity (Wildman–Crippen MR) is 116 cm³/mol. The number of hydrogen-bond donors (Lipinski definition) is 4. The lowest BCUT2D eigenvalue weighted by atomic mass is 9.97. The Labute approximate surface area is 172 Å². The lowest BCUT2D eigenvalue weighted by Gasteiger charge is -2.20. The van der Waals surface area contributed by atoms with Crippen LogP contribution in [0.4, 0.5) is 5.82 Å². The predicted octanol–water partition coefficient (Wildman–Crippen LogP) is 2.56. The molecule has 0 amide bonds. The molecule has 3 rings (SSSR count). The highest BCUT2D eigenvalue weighted by atomic mass is 35.5. The summed E-state index contributed by atoms with van der Waals surface area (Å²) in [5.74, 6) is 1.15. The molecule has 2 atom stereocenters. The minimum Gasteiger partial charge on any atom is -0.384 e. The Morgan fingerprint density at radius 2 is 2.07 bits per heavy atom. The number of nitrogens with one attached hydrogen (secondary N) is 3. The Bertz CT molecular complexity index is 705. The van der Waals surface area contributed by atoms with E-state index in [-0.39, 0.29) is 12.4 Å². The maximum absolute atomic E-state index is 6.01. The van der Waals surface area contributed by atoms with Crippen molar-refractivity contribution in [2.45, 2.75) is 25.9 Å². The van der Waals surface area contributed by atoms with Gasteiger partial charge in [-0.15, -0.1) is 12.4 Å². The van der Waals surface area contributed by atoms with Crippen molar-refractivity contribution in [1.29, 1.82) is 0 Å². The number of halogens is 2. The molecule has 148 valence electrons. The Morgan fingerprint density at radius 1 is 1.22 bits per heavy atom. The molecule has 1 saturated heterocycles. The Morgan fingerprint density at radius 3 is 2.85 bits per heavy atom. The van der Waals surface area contributed by atoms with Crippen LogP contribution in [0.3, 0.4) is 0 Å². The van der Waals surface area contributed by atoms with Crippen molar-refractivity contribution in [2.24, 2.45) is 5.92 Å². The van der Waals surface area contributed by atoms with Gasteiger partial charge in [0.05, 0.1) is 0 Å². The zero-order chi connectivity index (χ0) is 18.4. The lowest BCUT2D eigenvalue weighted by molar-refractivity contribution is 0.419. The summed E-state index contributed by atoms with van der Waals surface area (Å²) in [5.41, 5.74) is 9.35. The number of benzene rings is 1. The van der Waals surface area contributed by atoms with Gasteiger partial charge in [0.15, 0.2) is 0 Å². The van der Waals surface area contributed by atoms with Gasteiger partial charge in [-0.25, -0.2) is 4.98 Å². The second-order valence-corrected chi connectivity index (χ2v) is 7.49. The molecule has 0 unspecified atom stereocenters. The molecule has 1 aliphatic heterocycles. The molecule has 0 radical (unpaired) electrons. The van der Waals surface area contributed by atoms with Gasteiger partial charge in [0.2, 0.25) is 0 Å². The minimum atomic E-state index is 0. The summed E-state index contributed by atoms with van der Waals surface area (Å²) in [5, 5.41) is 11.4. The van der Waals surface area contributed by atoms with E-state index < -0.39 is 0 Å². The molecule has 27 heavy (non-hydrogen) atoms. The minimum absolute atomic E-state index is 0. The third-order valence-corrected chi connectivity index (χ3v) is 5.02. The molecule has 1 aromatic heterocycles. The Kier molecular flexibility index (Phi) is 8.80. The maximum atomic E-state index is 6.01. The summed E-state index contributed by atoms with van der Waals surface area (Å²) in [6, 6.07) is 12.5. The summed E-state index contributed by atoms with van der Waals surface area (Å²) < 4.78 is 0. The number of pyridine rings is 1. The Hall–Kier alpha value is -1.37. The fourth-order valence-electron chi connectivity index (χ4n) is 3.55. The first-order valence-corrected chi connectivity index (χ1v) is 9.60. The number of nitrogen functional groups attached to an aromatic ring is 1. The molecule has 5 nitrogen and oxygen atoms in total. The van der Waals surface area contributed by atoms with E-state index in [1.54, 1.807) is 0 Å². The quantitative estimate of drug-likeness (QED) is 0.504. The van der Waals surface area contributed by atoms with E-state index in [9.17, 15) is 0 Å². The molecule has 7 heteroatoms. The lowest BCUT2D eigenvalue weighted by Crippen LogP contribution is -2.40. The van der Waals surface area contributed by atoms with E-state index in [1.807, 2.05) is 24.3 Å². The first-order valence-electron chi connectivity index (χ1n) is 9.22. The number of anilines is 1. The molecule has 2 aromatic rings. The molecule has 1 aliphatic rings. The van der Waals surface area contributed by atoms with E-state index in [2.05, 4.69) is 40.0 Å². The number of nitrogens with zero attached hydrogens (tertiary/aromatic N) is 1. The van der Waals surface area contributed by atoms with Crippen LogP contribution in [0.2, 0.25) is 5.02 Å². The van der Waals surface area contributed by atoms with Crippen molar-refractivity contribution in [3.63, 3.8) is 0 Å². The molecule has 2 heterocycles.